The van der Waals surface area contributed by atoms with E-state index in [0.717, 1.165) is 25.7 Å². The number of nitrogens with zero attached hydrogens (tertiary/aromatic N) is 1. The lowest BCUT2D eigenvalue weighted by molar-refractivity contribution is -0.384. The molecule has 5 nitrogen and oxygen atoms in total. The van der Waals surface area contributed by atoms with Gasteiger partial charge in [0.15, 0.2) is 0 Å². The summed E-state index contributed by atoms with van der Waals surface area (Å²) in [5.41, 5.74) is 0.0468. The number of nitro groups is 1. The molecule has 0 unspecified atom stereocenters. The van der Waals surface area contributed by atoms with Gasteiger partial charge in [0.2, 0.25) is 0 Å². The van der Waals surface area contributed by atoms with E-state index in [4.69, 9.17) is 11.6 Å². The summed E-state index contributed by atoms with van der Waals surface area (Å²) in [6.07, 6.45) is 6.60. The van der Waals surface area contributed by atoms with Gasteiger partial charge in [-0.05, 0) is 25.0 Å². The number of benzene rings is 1. The zero-order valence-corrected chi connectivity index (χ0v) is 11.9. The lowest BCUT2D eigenvalue weighted by Gasteiger charge is -2.16. The predicted octanol–water partition coefficient (Wildman–Crippen LogP) is 3.70. The highest BCUT2D eigenvalue weighted by Gasteiger charge is 2.19. The molecule has 108 valence electrons. The zero-order valence-electron chi connectivity index (χ0n) is 11.1. The Morgan fingerprint density at radius 1 is 1.25 bits per heavy atom. The molecule has 1 aliphatic rings. The minimum atomic E-state index is -0.579. The van der Waals surface area contributed by atoms with Crippen molar-refractivity contribution in [3.63, 3.8) is 0 Å². The van der Waals surface area contributed by atoms with Crippen molar-refractivity contribution in [1.82, 2.24) is 5.32 Å². The van der Waals surface area contributed by atoms with Gasteiger partial charge in [0.1, 0.15) is 5.02 Å². The topological polar surface area (TPSA) is 72.2 Å². The predicted molar refractivity (Wildman–Crippen MR) is 77.1 cm³/mol. The van der Waals surface area contributed by atoms with E-state index in [2.05, 4.69) is 5.32 Å². The molecule has 20 heavy (non-hydrogen) atoms. The normalized spacial score (nSPS) is 16.4. The largest absolute Gasteiger partial charge is 0.349 e. The first kappa shape index (κ1) is 14.8. The van der Waals surface area contributed by atoms with Crippen molar-refractivity contribution in [2.75, 3.05) is 0 Å². The number of hydrogen-bond donors (Lipinski definition) is 1. The molecule has 0 saturated heterocycles. The van der Waals surface area contributed by atoms with Crippen molar-refractivity contribution >= 4 is 23.2 Å². The first-order valence-corrected chi connectivity index (χ1v) is 7.20. The maximum atomic E-state index is 12.1. The van der Waals surface area contributed by atoms with E-state index in [-0.39, 0.29) is 28.2 Å². The molecule has 0 radical (unpaired) electrons. The van der Waals surface area contributed by atoms with Crippen molar-refractivity contribution in [3.8, 4) is 0 Å². The SMILES string of the molecule is O=C(NC1CCCCCC1)c1ccc(Cl)c([N+](=O)[O-])c1. The van der Waals surface area contributed by atoms with Crippen molar-refractivity contribution < 1.29 is 9.72 Å². The second kappa shape index (κ2) is 6.70. The molecule has 0 spiro atoms. The van der Waals surface area contributed by atoms with Gasteiger partial charge in [-0.1, -0.05) is 37.3 Å². The van der Waals surface area contributed by atoms with Crippen LogP contribution >= 0.6 is 11.6 Å². The highest BCUT2D eigenvalue weighted by Crippen LogP contribution is 2.25. The minimum Gasteiger partial charge on any atom is -0.349 e. The molecule has 1 saturated carbocycles. The van der Waals surface area contributed by atoms with Gasteiger partial charge in [0.25, 0.3) is 11.6 Å². The molecular formula is C14H17ClN2O3. The van der Waals surface area contributed by atoms with E-state index < -0.39 is 4.92 Å². The molecule has 6 heteroatoms. The molecule has 2 rings (SSSR count). The average molecular weight is 297 g/mol. The summed E-state index contributed by atoms with van der Waals surface area (Å²) in [5.74, 6) is -0.267. The van der Waals surface area contributed by atoms with Gasteiger partial charge < -0.3 is 5.32 Å². The molecule has 0 aromatic heterocycles. The number of nitro benzene ring substituents is 1. The summed E-state index contributed by atoms with van der Waals surface area (Å²) in [6, 6.07) is 4.30. The number of hydrogen-bond acceptors (Lipinski definition) is 3. The monoisotopic (exact) mass is 296 g/mol. The molecule has 1 N–H and O–H groups in total. The third-order valence-corrected chi connectivity index (χ3v) is 3.92. The fourth-order valence-electron chi connectivity index (χ4n) is 2.49. The maximum Gasteiger partial charge on any atom is 0.288 e. The second-order valence-corrected chi connectivity index (χ2v) is 5.49. The number of amides is 1. The maximum absolute atomic E-state index is 12.1. The summed E-state index contributed by atoms with van der Waals surface area (Å²) < 4.78 is 0. The van der Waals surface area contributed by atoms with Crippen molar-refractivity contribution in [2.24, 2.45) is 0 Å². The standard InChI is InChI=1S/C14H17ClN2O3/c15-12-8-7-10(9-13(12)17(19)20)14(18)16-11-5-3-1-2-4-6-11/h7-9,11H,1-6H2,(H,16,18). The molecule has 0 heterocycles. The average Bonchev–Trinajstić information content (AvgIpc) is 2.67. The number of carbonyl (C=O) groups is 1. The fourth-order valence-corrected chi connectivity index (χ4v) is 2.67. The van der Waals surface area contributed by atoms with Crippen LogP contribution in [0.1, 0.15) is 48.9 Å². The van der Waals surface area contributed by atoms with Crippen LogP contribution in [0.15, 0.2) is 18.2 Å². The number of carbonyl (C=O) groups excluding carboxylic acids is 1. The Morgan fingerprint density at radius 2 is 1.90 bits per heavy atom. The Morgan fingerprint density at radius 3 is 2.50 bits per heavy atom. The molecular weight excluding hydrogens is 280 g/mol. The summed E-state index contributed by atoms with van der Waals surface area (Å²) in [6.45, 7) is 0. The Bertz CT molecular complexity index is 511. The quantitative estimate of drug-likeness (QED) is 0.525. The van der Waals surface area contributed by atoms with Crippen LogP contribution in [0, 0.1) is 10.1 Å². The van der Waals surface area contributed by atoms with E-state index in [1.807, 2.05) is 0 Å². The van der Waals surface area contributed by atoms with Gasteiger partial charge >= 0.3 is 0 Å². The third-order valence-electron chi connectivity index (χ3n) is 3.60. The molecule has 1 aliphatic carbocycles. The van der Waals surface area contributed by atoms with Crippen molar-refractivity contribution in [2.45, 2.75) is 44.6 Å². The first-order valence-electron chi connectivity index (χ1n) is 6.83. The van der Waals surface area contributed by atoms with Crippen LogP contribution < -0.4 is 5.32 Å². The van der Waals surface area contributed by atoms with Gasteiger partial charge in [0.05, 0.1) is 4.92 Å². The first-order chi connectivity index (χ1) is 9.58. The van der Waals surface area contributed by atoms with Gasteiger partial charge in [-0.2, -0.15) is 0 Å². The van der Waals surface area contributed by atoms with Gasteiger partial charge in [-0.3, -0.25) is 14.9 Å². The lowest BCUT2D eigenvalue weighted by atomic mass is 10.1. The summed E-state index contributed by atoms with van der Waals surface area (Å²) in [7, 11) is 0. The minimum absolute atomic E-state index is 0.0426. The number of halogens is 1. The van der Waals surface area contributed by atoms with Crippen LogP contribution in [0.3, 0.4) is 0 Å². The summed E-state index contributed by atoms with van der Waals surface area (Å²) in [5, 5.41) is 13.8. The molecule has 1 aromatic carbocycles. The third kappa shape index (κ3) is 3.70. The zero-order chi connectivity index (χ0) is 14.5. The molecule has 0 aliphatic heterocycles. The molecule has 1 amide bonds. The van der Waals surface area contributed by atoms with Crippen LogP contribution in [-0.2, 0) is 0 Å². The number of rotatable bonds is 3. The van der Waals surface area contributed by atoms with Gasteiger partial charge in [0, 0.05) is 17.7 Å². The van der Waals surface area contributed by atoms with Crippen molar-refractivity contribution in [3.05, 3.63) is 38.9 Å². The molecule has 0 bridgehead atoms. The Balaban J connectivity index is 2.08. The van der Waals surface area contributed by atoms with E-state index >= 15 is 0 Å². The Labute approximate surface area is 122 Å². The van der Waals surface area contributed by atoms with E-state index in [0.29, 0.717) is 0 Å². The molecule has 1 fully saturated rings. The van der Waals surface area contributed by atoms with E-state index in [1.54, 1.807) is 0 Å². The summed E-state index contributed by atoms with van der Waals surface area (Å²) in [4.78, 5) is 22.4. The fraction of sp³-hybridized carbons (Fsp3) is 0.500. The van der Waals surface area contributed by atoms with Crippen LogP contribution in [0.4, 0.5) is 5.69 Å². The Hall–Kier alpha value is -1.62. The van der Waals surface area contributed by atoms with Gasteiger partial charge in [-0.25, -0.2) is 0 Å². The van der Waals surface area contributed by atoms with Gasteiger partial charge in [-0.15, -0.1) is 0 Å². The van der Waals surface area contributed by atoms with Crippen LogP contribution in [-0.4, -0.2) is 16.9 Å². The van der Waals surface area contributed by atoms with Crippen LogP contribution in [0.25, 0.3) is 0 Å². The Kier molecular flexibility index (Phi) is 4.95. The van der Waals surface area contributed by atoms with Crippen molar-refractivity contribution in [1.29, 1.82) is 0 Å². The highest BCUT2D eigenvalue weighted by atomic mass is 35.5. The lowest BCUT2D eigenvalue weighted by Crippen LogP contribution is -2.34. The number of nitrogens with one attached hydrogen (secondary N) is 1. The van der Waals surface area contributed by atoms with E-state index in [9.17, 15) is 14.9 Å². The highest BCUT2D eigenvalue weighted by molar-refractivity contribution is 6.32. The molecule has 1 aromatic rings. The summed E-state index contributed by atoms with van der Waals surface area (Å²) >= 11 is 5.74. The molecule has 0 atom stereocenters. The van der Waals surface area contributed by atoms with Crippen LogP contribution in [0.2, 0.25) is 5.02 Å². The van der Waals surface area contributed by atoms with E-state index in [1.165, 1.54) is 31.0 Å². The van der Waals surface area contributed by atoms with Crippen LogP contribution in [0.5, 0.6) is 0 Å². The smallest absolute Gasteiger partial charge is 0.288 e. The second-order valence-electron chi connectivity index (χ2n) is 5.09.